The van der Waals surface area contributed by atoms with Crippen LogP contribution in [-0.2, 0) is 0 Å². The average Bonchev–Trinajstić information content (AvgIpc) is 3.32. The minimum Gasteiger partial charge on any atom is -0.346 e. The van der Waals surface area contributed by atoms with Crippen molar-refractivity contribution in [1.82, 2.24) is 9.97 Å². The van der Waals surface area contributed by atoms with Gasteiger partial charge in [0.15, 0.2) is 0 Å². The summed E-state index contributed by atoms with van der Waals surface area (Å²) in [5.41, 5.74) is 9.64. The van der Waals surface area contributed by atoms with Crippen LogP contribution in [0.15, 0.2) is 60.9 Å². The first-order valence-electron chi connectivity index (χ1n) is 8.79. The Hall–Kier alpha value is -2.96. The fourth-order valence-electron chi connectivity index (χ4n) is 3.23. The summed E-state index contributed by atoms with van der Waals surface area (Å²) in [6, 6.07) is 15.6. The Kier molecular flexibility index (Phi) is 4.75. The number of fused-ring (bicyclic) bond motifs is 1. The minimum absolute atomic E-state index is 0.0228. The summed E-state index contributed by atoms with van der Waals surface area (Å²) >= 11 is 1.51. The molecule has 3 heterocycles. The number of thiophene rings is 1. The quantitative estimate of drug-likeness (QED) is 0.548. The molecule has 0 fully saturated rings. The second-order valence-electron chi connectivity index (χ2n) is 6.30. The molecule has 0 saturated carbocycles. The van der Waals surface area contributed by atoms with Crippen LogP contribution in [0.25, 0.3) is 21.5 Å². The third kappa shape index (κ3) is 3.25. The summed E-state index contributed by atoms with van der Waals surface area (Å²) < 4.78 is 0. The highest BCUT2D eigenvalue weighted by molar-refractivity contribution is 7.17. The number of hydrogen-bond donors (Lipinski definition) is 2. The van der Waals surface area contributed by atoms with Crippen molar-refractivity contribution >= 4 is 34.0 Å². The maximum Gasteiger partial charge on any atom is 0.268 e. The Morgan fingerprint density at radius 1 is 1.22 bits per heavy atom. The number of para-hydroxylation sites is 1. The predicted octanol–water partition coefficient (Wildman–Crippen LogP) is 4.21. The van der Waals surface area contributed by atoms with Crippen molar-refractivity contribution in [1.29, 1.82) is 0 Å². The van der Waals surface area contributed by atoms with E-state index in [-0.39, 0.29) is 5.91 Å². The molecular formula is C21H20N4OS. The summed E-state index contributed by atoms with van der Waals surface area (Å²) in [7, 11) is 0. The predicted molar refractivity (Wildman–Crippen MR) is 111 cm³/mol. The van der Waals surface area contributed by atoms with Crippen LogP contribution in [0.2, 0.25) is 0 Å². The number of benzene rings is 1. The van der Waals surface area contributed by atoms with Crippen LogP contribution in [-0.4, -0.2) is 29.0 Å². The van der Waals surface area contributed by atoms with E-state index in [0.29, 0.717) is 18.0 Å². The number of amides is 1. The molecule has 3 aromatic heterocycles. The van der Waals surface area contributed by atoms with Gasteiger partial charge >= 0.3 is 0 Å². The van der Waals surface area contributed by atoms with E-state index >= 15 is 0 Å². The van der Waals surface area contributed by atoms with Crippen molar-refractivity contribution in [3.8, 4) is 10.4 Å². The van der Waals surface area contributed by atoms with E-state index in [4.69, 9.17) is 5.73 Å². The van der Waals surface area contributed by atoms with Crippen molar-refractivity contribution in [3.63, 3.8) is 0 Å². The summed E-state index contributed by atoms with van der Waals surface area (Å²) in [5.74, 6) is -0.0228. The van der Waals surface area contributed by atoms with E-state index in [1.54, 1.807) is 11.1 Å². The third-order valence-corrected chi connectivity index (χ3v) is 5.76. The fraction of sp³-hybridized carbons (Fsp3) is 0.143. The highest BCUT2D eigenvalue weighted by Crippen LogP contribution is 2.36. The zero-order valence-electron chi connectivity index (χ0n) is 15.0. The molecule has 0 unspecified atom stereocenters. The van der Waals surface area contributed by atoms with E-state index in [2.05, 4.69) is 9.97 Å². The molecule has 27 heavy (non-hydrogen) atoms. The molecule has 0 spiro atoms. The molecule has 0 aliphatic rings. The zero-order valence-corrected chi connectivity index (χ0v) is 15.8. The lowest BCUT2D eigenvalue weighted by Crippen LogP contribution is -2.34. The normalized spacial score (nSPS) is 11.0. The number of nitrogens with zero attached hydrogens (tertiary/aromatic N) is 2. The summed E-state index contributed by atoms with van der Waals surface area (Å²) in [4.78, 5) is 24.2. The first-order chi connectivity index (χ1) is 13.2. The number of rotatable bonds is 5. The van der Waals surface area contributed by atoms with E-state index in [1.807, 2.05) is 61.7 Å². The third-order valence-electron chi connectivity index (χ3n) is 4.50. The molecule has 0 bridgehead atoms. The molecule has 4 aromatic rings. The number of nitrogens with two attached hydrogens (primary N) is 1. The van der Waals surface area contributed by atoms with Gasteiger partial charge in [-0.05, 0) is 42.8 Å². The maximum absolute atomic E-state index is 13.2. The SMILES string of the molecule is Cc1cc(C(=O)N(CCN)c2ccccc2)sc1-c1ccnc2[nH]ccc12. The van der Waals surface area contributed by atoms with Crippen molar-refractivity contribution < 1.29 is 4.79 Å². The molecule has 4 rings (SSSR count). The molecule has 0 aliphatic heterocycles. The Bertz CT molecular complexity index is 1080. The number of carbonyl (C=O) groups is 1. The molecule has 1 amide bonds. The van der Waals surface area contributed by atoms with Gasteiger partial charge in [-0.3, -0.25) is 4.79 Å². The van der Waals surface area contributed by atoms with Crippen LogP contribution in [0.5, 0.6) is 0 Å². The first kappa shape index (κ1) is 17.5. The number of hydrogen-bond acceptors (Lipinski definition) is 4. The second-order valence-corrected chi connectivity index (χ2v) is 7.35. The number of anilines is 1. The van der Waals surface area contributed by atoms with Crippen molar-refractivity contribution in [2.45, 2.75) is 6.92 Å². The van der Waals surface area contributed by atoms with E-state index < -0.39 is 0 Å². The Morgan fingerprint density at radius 3 is 2.81 bits per heavy atom. The molecule has 136 valence electrons. The smallest absolute Gasteiger partial charge is 0.268 e. The first-order valence-corrected chi connectivity index (χ1v) is 9.60. The monoisotopic (exact) mass is 376 g/mol. The lowest BCUT2D eigenvalue weighted by atomic mass is 10.1. The molecule has 0 radical (unpaired) electrons. The lowest BCUT2D eigenvalue weighted by molar-refractivity contribution is 0.0991. The zero-order chi connectivity index (χ0) is 18.8. The van der Waals surface area contributed by atoms with Crippen LogP contribution in [0.1, 0.15) is 15.2 Å². The van der Waals surface area contributed by atoms with Gasteiger partial charge in [-0.25, -0.2) is 4.98 Å². The lowest BCUT2D eigenvalue weighted by Gasteiger charge is -2.21. The van der Waals surface area contributed by atoms with Crippen LogP contribution < -0.4 is 10.6 Å². The van der Waals surface area contributed by atoms with Gasteiger partial charge in [-0.15, -0.1) is 11.3 Å². The van der Waals surface area contributed by atoms with Crippen LogP contribution in [0, 0.1) is 6.92 Å². The summed E-state index contributed by atoms with van der Waals surface area (Å²) in [5, 5.41) is 1.06. The number of H-pyrrole nitrogens is 1. The Morgan fingerprint density at radius 2 is 2.04 bits per heavy atom. The molecular weight excluding hydrogens is 356 g/mol. The van der Waals surface area contributed by atoms with Crippen molar-refractivity contribution in [2.75, 3.05) is 18.0 Å². The highest BCUT2D eigenvalue weighted by Gasteiger charge is 2.21. The van der Waals surface area contributed by atoms with Gasteiger partial charge in [0.25, 0.3) is 5.91 Å². The van der Waals surface area contributed by atoms with Crippen molar-refractivity contribution in [2.24, 2.45) is 5.73 Å². The number of aryl methyl sites for hydroxylation is 1. The molecule has 1 aromatic carbocycles. The molecule has 0 saturated heterocycles. The van der Waals surface area contributed by atoms with Gasteiger partial charge in [-0.1, -0.05) is 18.2 Å². The summed E-state index contributed by atoms with van der Waals surface area (Å²) in [6.45, 7) is 2.93. The van der Waals surface area contributed by atoms with Crippen LogP contribution in [0.3, 0.4) is 0 Å². The fourth-order valence-corrected chi connectivity index (χ4v) is 4.39. The summed E-state index contributed by atoms with van der Waals surface area (Å²) in [6.07, 6.45) is 3.67. The van der Waals surface area contributed by atoms with Gasteiger partial charge in [0.1, 0.15) is 5.65 Å². The Balaban J connectivity index is 1.74. The van der Waals surface area contributed by atoms with Crippen molar-refractivity contribution in [3.05, 3.63) is 71.4 Å². The largest absolute Gasteiger partial charge is 0.346 e. The number of pyridine rings is 1. The van der Waals surface area contributed by atoms with Gasteiger partial charge in [0.2, 0.25) is 0 Å². The van der Waals surface area contributed by atoms with Crippen LogP contribution >= 0.6 is 11.3 Å². The number of nitrogens with one attached hydrogen (secondary N) is 1. The van der Waals surface area contributed by atoms with Gasteiger partial charge in [0, 0.05) is 47.0 Å². The van der Waals surface area contributed by atoms with E-state index in [9.17, 15) is 4.79 Å². The molecule has 6 heteroatoms. The number of aromatic amines is 1. The Labute approximate surface area is 161 Å². The number of carbonyl (C=O) groups excluding carboxylic acids is 1. The molecule has 3 N–H and O–H groups in total. The van der Waals surface area contributed by atoms with Gasteiger partial charge in [-0.2, -0.15) is 0 Å². The average molecular weight is 376 g/mol. The van der Waals surface area contributed by atoms with Gasteiger partial charge in [0.05, 0.1) is 4.88 Å². The molecule has 0 aliphatic carbocycles. The minimum atomic E-state index is -0.0228. The van der Waals surface area contributed by atoms with E-state index in [0.717, 1.165) is 32.7 Å². The molecule has 0 atom stereocenters. The van der Waals surface area contributed by atoms with Crippen LogP contribution in [0.4, 0.5) is 5.69 Å². The maximum atomic E-state index is 13.2. The molecule has 5 nitrogen and oxygen atoms in total. The topological polar surface area (TPSA) is 75.0 Å². The number of aromatic nitrogens is 2. The highest BCUT2D eigenvalue weighted by atomic mass is 32.1. The second kappa shape index (κ2) is 7.34. The standard InChI is InChI=1S/C21H20N4OS/c1-14-13-18(21(26)25(12-9-22)15-5-3-2-4-6-15)27-19(14)16-7-10-23-20-17(16)8-11-24-20/h2-8,10-11,13H,9,12,22H2,1H3,(H,23,24). The van der Waals surface area contributed by atoms with Gasteiger partial charge < -0.3 is 15.6 Å². The van der Waals surface area contributed by atoms with E-state index in [1.165, 1.54) is 11.3 Å².